The summed E-state index contributed by atoms with van der Waals surface area (Å²) in [7, 11) is 1.62. The average molecular weight is 349 g/mol. The number of carbonyl (C=O) groups is 1. The number of hydrogen-bond donors (Lipinski definition) is 0. The highest BCUT2D eigenvalue weighted by atomic mass is 35.5. The summed E-state index contributed by atoms with van der Waals surface area (Å²) < 4.78 is 10.8. The molecular weight excluding hydrogens is 324 g/mol. The van der Waals surface area contributed by atoms with Gasteiger partial charge in [0.1, 0.15) is 5.75 Å². The van der Waals surface area contributed by atoms with E-state index in [0.717, 1.165) is 21.9 Å². The largest absolute Gasteiger partial charge is 0.495 e. The standard InChI is InChI=1S/C20H25ClO3/c1-7-24-19(22)20(4,5)13(3)16-12(2)14-10-8-9-11-15(14)18(23-6)17(16)21/h8-11,13H,7H2,1-6H3. The molecule has 0 aliphatic carbocycles. The van der Waals surface area contributed by atoms with Gasteiger partial charge in [0, 0.05) is 5.39 Å². The van der Waals surface area contributed by atoms with Gasteiger partial charge in [-0.25, -0.2) is 0 Å². The zero-order chi connectivity index (χ0) is 18.1. The van der Waals surface area contributed by atoms with Crippen molar-refractivity contribution >= 4 is 28.3 Å². The molecule has 0 fully saturated rings. The molecule has 0 aromatic heterocycles. The van der Waals surface area contributed by atoms with E-state index in [1.807, 2.05) is 52.8 Å². The molecule has 0 heterocycles. The van der Waals surface area contributed by atoms with Crippen LogP contribution in [0.15, 0.2) is 24.3 Å². The summed E-state index contributed by atoms with van der Waals surface area (Å²) in [6, 6.07) is 8.01. The van der Waals surface area contributed by atoms with Gasteiger partial charge in [0.2, 0.25) is 0 Å². The van der Waals surface area contributed by atoms with E-state index in [2.05, 4.69) is 6.07 Å². The lowest BCUT2D eigenvalue weighted by atomic mass is 9.74. The number of rotatable bonds is 5. The Morgan fingerprint density at radius 1 is 1.25 bits per heavy atom. The van der Waals surface area contributed by atoms with Crippen molar-refractivity contribution in [3.05, 3.63) is 40.4 Å². The van der Waals surface area contributed by atoms with Crippen molar-refractivity contribution in [3.63, 3.8) is 0 Å². The Bertz CT molecular complexity index is 765. The van der Waals surface area contributed by atoms with Gasteiger partial charge in [0.05, 0.1) is 24.2 Å². The van der Waals surface area contributed by atoms with Crippen LogP contribution in [0, 0.1) is 12.3 Å². The van der Waals surface area contributed by atoms with Gasteiger partial charge in [-0.15, -0.1) is 0 Å². The van der Waals surface area contributed by atoms with E-state index in [-0.39, 0.29) is 11.9 Å². The normalized spacial score (nSPS) is 13.0. The second-order valence-electron chi connectivity index (χ2n) is 6.60. The molecule has 0 aliphatic heterocycles. The number of fused-ring (bicyclic) bond motifs is 1. The average Bonchev–Trinajstić information content (AvgIpc) is 2.55. The van der Waals surface area contributed by atoms with Gasteiger partial charge < -0.3 is 9.47 Å². The van der Waals surface area contributed by atoms with Crippen LogP contribution >= 0.6 is 11.6 Å². The Hall–Kier alpha value is -1.74. The third-order valence-electron chi connectivity index (χ3n) is 4.94. The van der Waals surface area contributed by atoms with E-state index in [4.69, 9.17) is 21.1 Å². The molecule has 0 spiro atoms. The van der Waals surface area contributed by atoms with Crippen LogP contribution in [-0.4, -0.2) is 19.7 Å². The lowest BCUT2D eigenvalue weighted by Crippen LogP contribution is -2.32. The van der Waals surface area contributed by atoms with E-state index in [1.165, 1.54) is 0 Å². The van der Waals surface area contributed by atoms with Gasteiger partial charge >= 0.3 is 5.97 Å². The lowest BCUT2D eigenvalue weighted by molar-refractivity contribution is -0.154. The molecule has 2 aromatic carbocycles. The van der Waals surface area contributed by atoms with Crippen molar-refractivity contribution in [2.24, 2.45) is 5.41 Å². The number of esters is 1. The van der Waals surface area contributed by atoms with Crippen LogP contribution in [0.5, 0.6) is 5.75 Å². The molecule has 0 aliphatic rings. The van der Waals surface area contributed by atoms with E-state index >= 15 is 0 Å². The van der Waals surface area contributed by atoms with E-state index in [1.54, 1.807) is 7.11 Å². The number of methoxy groups -OCH3 is 1. The van der Waals surface area contributed by atoms with Gasteiger partial charge in [-0.2, -0.15) is 0 Å². The Morgan fingerprint density at radius 2 is 1.83 bits per heavy atom. The Morgan fingerprint density at radius 3 is 2.38 bits per heavy atom. The monoisotopic (exact) mass is 348 g/mol. The van der Waals surface area contributed by atoms with Crippen molar-refractivity contribution in [2.75, 3.05) is 13.7 Å². The van der Waals surface area contributed by atoms with Crippen molar-refractivity contribution in [1.29, 1.82) is 0 Å². The first kappa shape index (κ1) is 18.6. The van der Waals surface area contributed by atoms with Gasteiger partial charge in [-0.05, 0) is 50.1 Å². The third-order valence-corrected chi connectivity index (χ3v) is 5.31. The fourth-order valence-corrected chi connectivity index (χ4v) is 3.61. The number of halogens is 1. The van der Waals surface area contributed by atoms with E-state index in [0.29, 0.717) is 17.4 Å². The van der Waals surface area contributed by atoms with Crippen LogP contribution in [0.3, 0.4) is 0 Å². The van der Waals surface area contributed by atoms with E-state index in [9.17, 15) is 4.79 Å². The molecule has 0 saturated heterocycles. The fraction of sp³-hybridized carbons (Fsp3) is 0.450. The fourth-order valence-electron chi connectivity index (χ4n) is 3.13. The van der Waals surface area contributed by atoms with Gasteiger partial charge in [0.15, 0.2) is 0 Å². The number of benzene rings is 2. The molecule has 130 valence electrons. The number of carbonyl (C=O) groups excluding carboxylic acids is 1. The van der Waals surface area contributed by atoms with Gasteiger partial charge in [0.25, 0.3) is 0 Å². The summed E-state index contributed by atoms with van der Waals surface area (Å²) in [4.78, 5) is 12.4. The molecule has 0 N–H and O–H groups in total. The minimum atomic E-state index is -0.697. The molecule has 0 amide bonds. The van der Waals surface area contributed by atoms with Crippen molar-refractivity contribution < 1.29 is 14.3 Å². The molecule has 3 nitrogen and oxygen atoms in total. The zero-order valence-electron chi connectivity index (χ0n) is 15.2. The predicted molar refractivity (Wildman–Crippen MR) is 99.1 cm³/mol. The first-order valence-corrected chi connectivity index (χ1v) is 8.57. The SMILES string of the molecule is CCOC(=O)C(C)(C)C(C)c1c(Cl)c(OC)c2ccccc2c1C. The summed E-state index contributed by atoms with van der Waals surface area (Å²) in [5.74, 6) is 0.307. The van der Waals surface area contributed by atoms with Crippen molar-refractivity contribution in [3.8, 4) is 5.75 Å². The number of hydrogen-bond acceptors (Lipinski definition) is 3. The topological polar surface area (TPSA) is 35.5 Å². The first-order valence-electron chi connectivity index (χ1n) is 8.19. The first-order chi connectivity index (χ1) is 11.3. The maximum absolute atomic E-state index is 12.4. The summed E-state index contributed by atoms with van der Waals surface area (Å²) >= 11 is 6.70. The Balaban J connectivity index is 2.70. The summed E-state index contributed by atoms with van der Waals surface area (Å²) in [5.41, 5.74) is 1.31. The lowest BCUT2D eigenvalue weighted by Gasteiger charge is -2.32. The Labute approximate surface area is 148 Å². The molecule has 0 saturated carbocycles. The third kappa shape index (κ3) is 2.98. The Kier molecular flexibility index (Phi) is 5.44. The highest BCUT2D eigenvalue weighted by Gasteiger charge is 2.38. The van der Waals surface area contributed by atoms with Crippen molar-refractivity contribution in [1.82, 2.24) is 0 Å². The summed E-state index contributed by atoms with van der Waals surface area (Å²) in [5, 5.41) is 2.63. The molecule has 4 heteroatoms. The molecule has 2 aromatic rings. The second kappa shape index (κ2) is 7.02. The van der Waals surface area contributed by atoms with Gasteiger partial charge in [-0.3, -0.25) is 4.79 Å². The maximum Gasteiger partial charge on any atom is 0.312 e. The van der Waals surface area contributed by atoms with Crippen molar-refractivity contribution in [2.45, 2.75) is 40.5 Å². The quantitative estimate of drug-likeness (QED) is 0.669. The molecule has 0 bridgehead atoms. The van der Waals surface area contributed by atoms with Crippen LogP contribution in [0.4, 0.5) is 0 Å². The molecule has 2 rings (SSSR count). The van der Waals surface area contributed by atoms with Crippen LogP contribution in [-0.2, 0) is 9.53 Å². The van der Waals surface area contributed by atoms with Crippen LogP contribution in [0.1, 0.15) is 44.7 Å². The number of ether oxygens (including phenoxy) is 2. The minimum Gasteiger partial charge on any atom is -0.495 e. The van der Waals surface area contributed by atoms with E-state index < -0.39 is 5.41 Å². The van der Waals surface area contributed by atoms with Crippen LogP contribution in [0.2, 0.25) is 5.02 Å². The highest BCUT2D eigenvalue weighted by molar-refractivity contribution is 6.34. The molecule has 0 radical (unpaired) electrons. The molecular formula is C20H25ClO3. The molecule has 24 heavy (non-hydrogen) atoms. The minimum absolute atomic E-state index is 0.123. The second-order valence-corrected chi connectivity index (χ2v) is 6.97. The molecule has 1 unspecified atom stereocenters. The zero-order valence-corrected chi connectivity index (χ0v) is 16.0. The van der Waals surface area contributed by atoms with Crippen LogP contribution in [0.25, 0.3) is 10.8 Å². The smallest absolute Gasteiger partial charge is 0.312 e. The van der Waals surface area contributed by atoms with Gasteiger partial charge in [-0.1, -0.05) is 42.8 Å². The number of aryl methyl sites for hydroxylation is 1. The summed E-state index contributed by atoms with van der Waals surface area (Å²) in [6.07, 6.45) is 0. The van der Waals surface area contributed by atoms with Crippen LogP contribution < -0.4 is 4.74 Å². The highest BCUT2D eigenvalue weighted by Crippen LogP contribution is 2.47. The molecule has 1 atom stereocenters. The predicted octanol–water partition coefficient (Wildman–Crippen LogP) is 5.50. The maximum atomic E-state index is 12.4. The summed E-state index contributed by atoms with van der Waals surface area (Å²) in [6.45, 7) is 10.0.